The van der Waals surface area contributed by atoms with Crippen LogP contribution in [0.2, 0.25) is 0 Å². The molecule has 0 radical (unpaired) electrons. The van der Waals surface area contributed by atoms with Crippen molar-refractivity contribution in [3.63, 3.8) is 0 Å². The van der Waals surface area contributed by atoms with Crippen molar-refractivity contribution < 1.29 is 9.59 Å². The van der Waals surface area contributed by atoms with Crippen molar-refractivity contribution in [1.82, 2.24) is 19.8 Å². The number of rotatable bonds is 4. The van der Waals surface area contributed by atoms with Crippen LogP contribution < -0.4 is 5.56 Å². The summed E-state index contributed by atoms with van der Waals surface area (Å²) in [5, 5.41) is 0. The van der Waals surface area contributed by atoms with E-state index in [0.29, 0.717) is 25.5 Å². The van der Waals surface area contributed by atoms with Gasteiger partial charge in [0.15, 0.2) is 0 Å². The molecule has 1 N–H and O–H groups in total. The number of nitrogens with zero attached hydrogens (tertiary/aromatic N) is 3. The molecule has 32 heavy (non-hydrogen) atoms. The maximum absolute atomic E-state index is 13.1. The molecule has 2 aliphatic heterocycles. The number of amides is 2. The van der Waals surface area contributed by atoms with Crippen LogP contribution in [-0.2, 0) is 9.59 Å². The Balaban J connectivity index is 1.43. The molecule has 2 amide bonds. The Morgan fingerprint density at radius 3 is 2.34 bits per heavy atom. The Labute approximate surface area is 191 Å². The van der Waals surface area contributed by atoms with Gasteiger partial charge in [-0.05, 0) is 38.5 Å². The average molecular weight is 443 g/mol. The van der Waals surface area contributed by atoms with Crippen LogP contribution in [0.4, 0.5) is 0 Å². The van der Waals surface area contributed by atoms with Crippen LogP contribution in [-0.4, -0.2) is 57.8 Å². The lowest BCUT2D eigenvalue weighted by Crippen LogP contribution is -2.43. The third-order valence-corrected chi connectivity index (χ3v) is 7.57. The van der Waals surface area contributed by atoms with Crippen molar-refractivity contribution in [1.29, 1.82) is 0 Å². The van der Waals surface area contributed by atoms with Crippen LogP contribution in [0, 0.1) is 11.8 Å². The van der Waals surface area contributed by atoms with E-state index in [2.05, 4.69) is 4.98 Å². The van der Waals surface area contributed by atoms with Gasteiger partial charge in [-0.1, -0.05) is 33.1 Å². The molecule has 0 aromatic carbocycles. The molecule has 1 atom stereocenters. The minimum absolute atomic E-state index is 0.0124. The summed E-state index contributed by atoms with van der Waals surface area (Å²) in [6.07, 6.45) is 9.17. The third kappa shape index (κ3) is 5.24. The third-order valence-electron chi connectivity index (χ3n) is 7.57. The summed E-state index contributed by atoms with van der Waals surface area (Å²) in [5.74, 6) is 1.75. The largest absolute Gasteiger partial charge is 0.342 e. The van der Waals surface area contributed by atoms with E-state index >= 15 is 0 Å². The Morgan fingerprint density at radius 1 is 0.938 bits per heavy atom. The highest BCUT2D eigenvalue weighted by Crippen LogP contribution is 2.31. The lowest BCUT2D eigenvalue weighted by molar-refractivity contribution is -0.138. The van der Waals surface area contributed by atoms with Crippen molar-refractivity contribution in [2.75, 3.05) is 26.2 Å². The van der Waals surface area contributed by atoms with E-state index in [1.54, 1.807) is 6.07 Å². The first-order chi connectivity index (χ1) is 15.4. The summed E-state index contributed by atoms with van der Waals surface area (Å²) in [6.45, 7) is 6.79. The van der Waals surface area contributed by atoms with E-state index in [4.69, 9.17) is 4.98 Å². The number of aromatic nitrogens is 2. The fourth-order valence-electron chi connectivity index (χ4n) is 5.66. The van der Waals surface area contributed by atoms with E-state index in [1.165, 1.54) is 6.42 Å². The molecule has 7 heteroatoms. The maximum Gasteiger partial charge on any atom is 0.251 e. The highest BCUT2D eigenvalue weighted by molar-refractivity contribution is 5.79. The summed E-state index contributed by atoms with van der Waals surface area (Å²) in [5.41, 5.74) is 0.715. The molecule has 176 valence electrons. The number of carbonyl (C=O) groups excluding carboxylic acids is 2. The van der Waals surface area contributed by atoms with E-state index < -0.39 is 0 Å². The van der Waals surface area contributed by atoms with Crippen LogP contribution in [0.3, 0.4) is 0 Å². The summed E-state index contributed by atoms with van der Waals surface area (Å²) in [6, 6.07) is 1.63. The molecule has 3 fully saturated rings. The van der Waals surface area contributed by atoms with E-state index in [0.717, 1.165) is 69.4 Å². The smallest absolute Gasteiger partial charge is 0.251 e. The zero-order valence-corrected chi connectivity index (χ0v) is 19.6. The van der Waals surface area contributed by atoms with Gasteiger partial charge in [0.1, 0.15) is 5.82 Å². The average Bonchev–Trinajstić information content (AvgIpc) is 2.83. The first-order valence-corrected chi connectivity index (χ1v) is 12.6. The zero-order valence-electron chi connectivity index (χ0n) is 19.6. The number of piperidine rings is 2. The van der Waals surface area contributed by atoms with Gasteiger partial charge in [0, 0.05) is 55.9 Å². The molecule has 7 nitrogen and oxygen atoms in total. The van der Waals surface area contributed by atoms with E-state index in [-0.39, 0.29) is 35.1 Å². The summed E-state index contributed by atoms with van der Waals surface area (Å²) < 4.78 is 0. The second-order valence-corrected chi connectivity index (χ2v) is 10.3. The number of nitrogens with one attached hydrogen (secondary N) is 1. The van der Waals surface area contributed by atoms with Gasteiger partial charge in [0.05, 0.1) is 5.69 Å². The molecule has 4 rings (SSSR count). The fourth-order valence-corrected chi connectivity index (χ4v) is 5.66. The Morgan fingerprint density at radius 2 is 1.66 bits per heavy atom. The van der Waals surface area contributed by atoms with Crippen molar-refractivity contribution >= 4 is 11.8 Å². The first-order valence-electron chi connectivity index (χ1n) is 12.6. The summed E-state index contributed by atoms with van der Waals surface area (Å²) in [4.78, 5) is 49.6. The molecule has 3 aliphatic rings. The van der Waals surface area contributed by atoms with Gasteiger partial charge in [-0.25, -0.2) is 4.98 Å². The van der Waals surface area contributed by atoms with Gasteiger partial charge in [0.2, 0.25) is 11.8 Å². The minimum atomic E-state index is -0.110. The van der Waals surface area contributed by atoms with Crippen LogP contribution >= 0.6 is 0 Å². The SMILES string of the molecule is CC(C)C(=O)N1CCC(c2nc(C3CCCN(C(=O)C4CCCCC4)C3)cc(=O)[nH]2)CC1. The molecular weight excluding hydrogens is 404 g/mol. The van der Waals surface area contributed by atoms with Gasteiger partial charge in [-0.15, -0.1) is 0 Å². The second kappa shape index (κ2) is 10.2. The van der Waals surface area contributed by atoms with Crippen molar-refractivity contribution in [2.24, 2.45) is 11.8 Å². The minimum Gasteiger partial charge on any atom is -0.342 e. The van der Waals surface area contributed by atoms with Crippen molar-refractivity contribution in [3.05, 3.63) is 27.9 Å². The normalized spacial score (nSPS) is 23.5. The van der Waals surface area contributed by atoms with Gasteiger partial charge in [-0.2, -0.15) is 0 Å². The highest BCUT2D eigenvalue weighted by atomic mass is 16.2. The van der Waals surface area contributed by atoms with Gasteiger partial charge in [-0.3, -0.25) is 14.4 Å². The molecule has 1 saturated carbocycles. The van der Waals surface area contributed by atoms with Crippen LogP contribution in [0.5, 0.6) is 0 Å². The van der Waals surface area contributed by atoms with E-state index in [9.17, 15) is 14.4 Å². The molecule has 2 saturated heterocycles. The molecule has 1 aromatic rings. The molecular formula is C25H38N4O3. The number of H-pyrrole nitrogens is 1. The molecule has 0 spiro atoms. The number of likely N-dealkylation sites (tertiary alicyclic amines) is 2. The quantitative estimate of drug-likeness (QED) is 0.774. The Hall–Kier alpha value is -2.18. The van der Waals surface area contributed by atoms with Gasteiger partial charge < -0.3 is 14.8 Å². The van der Waals surface area contributed by atoms with Crippen LogP contribution in [0.1, 0.15) is 95.0 Å². The number of hydrogen-bond donors (Lipinski definition) is 1. The predicted octanol–water partition coefficient (Wildman–Crippen LogP) is 3.42. The topological polar surface area (TPSA) is 86.4 Å². The fraction of sp³-hybridized carbons (Fsp3) is 0.760. The number of hydrogen-bond acceptors (Lipinski definition) is 4. The maximum atomic E-state index is 13.1. The van der Waals surface area contributed by atoms with Gasteiger partial charge in [0.25, 0.3) is 5.56 Å². The zero-order chi connectivity index (χ0) is 22.7. The number of aromatic amines is 1. The second-order valence-electron chi connectivity index (χ2n) is 10.3. The molecule has 1 aliphatic carbocycles. The van der Waals surface area contributed by atoms with Crippen LogP contribution in [0.15, 0.2) is 10.9 Å². The lowest BCUT2D eigenvalue weighted by atomic mass is 9.86. The molecule has 3 heterocycles. The standard InChI is InChI=1S/C25H38N4O3/c1-17(2)24(31)28-13-10-18(11-14-28)23-26-21(15-22(30)27-23)20-9-6-12-29(16-20)25(32)19-7-4-3-5-8-19/h15,17-20H,3-14,16H2,1-2H3,(H,26,27,30). The molecule has 1 unspecified atom stereocenters. The van der Waals surface area contributed by atoms with Gasteiger partial charge >= 0.3 is 0 Å². The Bertz CT molecular complexity index is 866. The lowest BCUT2D eigenvalue weighted by Gasteiger charge is -2.36. The molecule has 1 aromatic heterocycles. The van der Waals surface area contributed by atoms with Crippen LogP contribution in [0.25, 0.3) is 0 Å². The highest BCUT2D eigenvalue weighted by Gasteiger charge is 2.32. The van der Waals surface area contributed by atoms with E-state index in [1.807, 2.05) is 23.6 Å². The number of carbonyl (C=O) groups is 2. The van der Waals surface area contributed by atoms with Crippen molar-refractivity contribution in [3.8, 4) is 0 Å². The summed E-state index contributed by atoms with van der Waals surface area (Å²) >= 11 is 0. The first kappa shape index (κ1) is 23.0. The molecule has 0 bridgehead atoms. The van der Waals surface area contributed by atoms with Crippen molar-refractivity contribution in [2.45, 2.75) is 83.5 Å². The monoisotopic (exact) mass is 442 g/mol. The Kier molecular flexibility index (Phi) is 7.31. The summed E-state index contributed by atoms with van der Waals surface area (Å²) in [7, 11) is 0. The predicted molar refractivity (Wildman–Crippen MR) is 123 cm³/mol.